The maximum atomic E-state index is 14.2. The number of rotatable bonds is 7. The Hall–Kier alpha value is -3.70. The number of allylic oxidation sites excluding steroid dienone is 1. The Morgan fingerprint density at radius 1 is 1.13 bits per heavy atom. The number of nitrogens with one attached hydrogen (secondary N) is 1. The van der Waals surface area contributed by atoms with Crippen molar-refractivity contribution in [2.75, 3.05) is 26.1 Å². The minimum atomic E-state index is -0.910. The summed E-state index contributed by atoms with van der Waals surface area (Å²) < 4.78 is 19.1. The maximum absolute atomic E-state index is 14.2. The van der Waals surface area contributed by atoms with E-state index in [1.807, 2.05) is 13.0 Å². The van der Waals surface area contributed by atoms with Crippen LogP contribution in [0.2, 0.25) is 0 Å². The van der Waals surface area contributed by atoms with E-state index in [1.165, 1.54) is 18.8 Å². The largest absolute Gasteiger partial charge is 0.497 e. The fourth-order valence-electron chi connectivity index (χ4n) is 4.88. The van der Waals surface area contributed by atoms with Gasteiger partial charge in [0.05, 0.1) is 37.7 Å². The van der Waals surface area contributed by atoms with Crippen LogP contribution in [0.25, 0.3) is 5.57 Å². The highest BCUT2D eigenvalue weighted by Crippen LogP contribution is 2.39. The molecule has 11 heteroatoms. The number of halogens is 1. The van der Waals surface area contributed by atoms with Gasteiger partial charge in [-0.1, -0.05) is 40.6 Å². The Labute approximate surface area is 236 Å². The number of carbonyl (C=O) groups excluding carboxylic acids is 2. The molecule has 0 spiro atoms. The summed E-state index contributed by atoms with van der Waals surface area (Å²) in [5.41, 5.74) is 2.40. The summed E-state index contributed by atoms with van der Waals surface area (Å²) in [6.07, 6.45) is 1.21. The molecule has 0 unspecified atom stereocenters. The fraction of sp³-hybridized carbons (Fsp3) is 0.286. The molecule has 0 fully saturated rings. The van der Waals surface area contributed by atoms with E-state index in [1.54, 1.807) is 37.3 Å². The zero-order valence-corrected chi connectivity index (χ0v) is 24.2. The summed E-state index contributed by atoms with van der Waals surface area (Å²) in [5, 5.41) is 2.84. The number of amides is 1. The highest BCUT2D eigenvalue weighted by molar-refractivity contribution is 9.10. The molecule has 0 radical (unpaired) electrons. The molecule has 202 valence electrons. The van der Waals surface area contributed by atoms with Crippen molar-refractivity contribution in [3.8, 4) is 11.5 Å². The second-order valence-corrected chi connectivity index (χ2v) is 10.8. The minimum absolute atomic E-state index is 0.157. The first-order chi connectivity index (χ1) is 18.8. The van der Waals surface area contributed by atoms with Gasteiger partial charge >= 0.3 is 5.97 Å². The molecule has 2 aliphatic rings. The number of fused-ring (bicyclic) bond motifs is 2. The van der Waals surface area contributed by atoms with Crippen molar-refractivity contribution in [2.24, 2.45) is 4.99 Å². The summed E-state index contributed by atoms with van der Waals surface area (Å²) in [4.78, 5) is 46.0. The molecule has 2 aromatic carbocycles. The number of thiazole rings is 1. The summed E-state index contributed by atoms with van der Waals surface area (Å²) in [6.45, 7) is 3.87. The molecule has 1 atom stereocenters. The van der Waals surface area contributed by atoms with Crippen molar-refractivity contribution in [2.45, 2.75) is 32.7 Å². The van der Waals surface area contributed by atoms with Crippen LogP contribution in [0.15, 0.2) is 61.9 Å². The van der Waals surface area contributed by atoms with Crippen molar-refractivity contribution in [1.29, 1.82) is 0 Å². The zero-order chi connectivity index (χ0) is 27.8. The molecule has 2 aliphatic heterocycles. The van der Waals surface area contributed by atoms with E-state index in [0.29, 0.717) is 51.7 Å². The van der Waals surface area contributed by atoms with Gasteiger partial charge in [-0.2, -0.15) is 0 Å². The van der Waals surface area contributed by atoms with Crippen molar-refractivity contribution in [3.05, 3.63) is 83.0 Å². The van der Waals surface area contributed by atoms with Gasteiger partial charge in [-0.15, -0.1) is 0 Å². The Morgan fingerprint density at radius 3 is 2.62 bits per heavy atom. The number of aromatic nitrogens is 1. The Morgan fingerprint density at radius 2 is 1.92 bits per heavy atom. The standard InChI is InChI=1S/C28H26BrN3O6S/c1-5-7-19-22(27(35)38-6-2)23(17-13-15(36-3)9-11-20(17)37-4)32-26(34)24(39-28(32)31-19)21-16-12-14(29)8-10-18(16)30-25(21)33/h8-13,23H,5-7H2,1-4H3,(H,30,33)/b24-21+/t23-/m0/s1. The van der Waals surface area contributed by atoms with Gasteiger partial charge in [0, 0.05) is 21.3 Å². The van der Waals surface area contributed by atoms with Crippen molar-refractivity contribution in [3.63, 3.8) is 0 Å². The lowest BCUT2D eigenvalue weighted by Crippen LogP contribution is -2.41. The Balaban J connectivity index is 1.89. The summed E-state index contributed by atoms with van der Waals surface area (Å²) in [6, 6.07) is 9.71. The SMILES string of the molecule is CCCC1=C(C(=O)OCC)[C@H](c2cc(OC)ccc2OC)n2c(s/c(=C3/C(=O)Nc4ccc(Br)cc43)c2=O)=N1. The Bertz CT molecular complexity index is 1720. The summed E-state index contributed by atoms with van der Waals surface area (Å²) in [5.74, 6) is 0.0566. The van der Waals surface area contributed by atoms with E-state index in [0.717, 1.165) is 15.8 Å². The molecule has 3 aromatic rings. The lowest BCUT2D eigenvalue weighted by atomic mass is 9.93. The average molecular weight is 613 g/mol. The molecule has 1 N–H and O–H groups in total. The lowest BCUT2D eigenvalue weighted by molar-refractivity contribution is -0.139. The first kappa shape index (κ1) is 26.9. The normalized spacial score (nSPS) is 17.3. The lowest BCUT2D eigenvalue weighted by Gasteiger charge is -2.27. The van der Waals surface area contributed by atoms with E-state index in [2.05, 4.69) is 21.2 Å². The molecule has 0 bridgehead atoms. The van der Waals surface area contributed by atoms with Gasteiger partial charge in [-0.05, 0) is 49.7 Å². The zero-order valence-electron chi connectivity index (χ0n) is 21.8. The van der Waals surface area contributed by atoms with Crippen LogP contribution >= 0.6 is 27.3 Å². The van der Waals surface area contributed by atoms with Crippen LogP contribution in [-0.2, 0) is 14.3 Å². The van der Waals surface area contributed by atoms with Crippen LogP contribution in [0.4, 0.5) is 5.69 Å². The van der Waals surface area contributed by atoms with E-state index in [4.69, 9.17) is 19.2 Å². The number of hydrogen-bond acceptors (Lipinski definition) is 8. The van der Waals surface area contributed by atoms with Crippen LogP contribution in [0.5, 0.6) is 11.5 Å². The number of methoxy groups -OCH3 is 2. The molecule has 0 saturated heterocycles. The first-order valence-corrected chi connectivity index (χ1v) is 14.0. The third kappa shape index (κ3) is 4.59. The average Bonchev–Trinajstić information content (AvgIpc) is 3.42. The quantitative estimate of drug-likeness (QED) is 0.408. The van der Waals surface area contributed by atoms with Gasteiger partial charge in [-0.25, -0.2) is 9.79 Å². The van der Waals surface area contributed by atoms with Gasteiger partial charge in [0.15, 0.2) is 4.80 Å². The minimum Gasteiger partial charge on any atom is -0.497 e. The van der Waals surface area contributed by atoms with Gasteiger partial charge in [0.2, 0.25) is 0 Å². The molecule has 9 nitrogen and oxygen atoms in total. The Kier molecular flexibility index (Phi) is 7.46. The number of nitrogens with zero attached hydrogens (tertiary/aromatic N) is 2. The molecular formula is C28H26BrN3O6S. The van der Waals surface area contributed by atoms with Crippen LogP contribution in [0, 0.1) is 0 Å². The number of esters is 1. The molecule has 1 aromatic heterocycles. The third-order valence-corrected chi connectivity index (χ3v) is 8.10. The van der Waals surface area contributed by atoms with E-state index in [-0.39, 0.29) is 28.2 Å². The van der Waals surface area contributed by atoms with E-state index < -0.39 is 17.6 Å². The van der Waals surface area contributed by atoms with Crippen LogP contribution in [-0.4, -0.2) is 37.3 Å². The predicted molar refractivity (Wildman–Crippen MR) is 151 cm³/mol. The molecular weight excluding hydrogens is 586 g/mol. The highest BCUT2D eigenvalue weighted by atomic mass is 79.9. The molecule has 1 amide bonds. The fourth-order valence-corrected chi connectivity index (χ4v) is 6.36. The van der Waals surface area contributed by atoms with Gasteiger partial charge in [-0.3, -0.25) is 14.2 Å². The van der Waals surface area contributed by atoms with Crippen LogP contribution in [0.1, 0.15) is 43.9 Å². The van der Waals surface area contributed by atoms with Crippen LogP contribution < -0.4 is 29.7 Å². The summed E-state index contributed by atoms with van der Waals surface area (Å²) >= 11 is 4.58. The number of carbonyl (C=O) groups is 2. The second kappa shape index (κ2) is 10.8. The third-order valence-electron chi connectivity index (χ3n) is 6.55. The topological polar surface area (TPSA) is 108 Å². The number of benzene rings is 2. The van der Waals surface area contributed by atoms with Crippen molar-refractivity contribution >= 4 is 50.4 Å². The van der Waals surface area contributed by atoms with Gasteiger partial charge < -0.3 is 19.5 Å². The number of anilines is 1. The molecule has 39 heavy (non-hydrogen) atoms. The molecule has 0 aliphatic carbocycles. The molecule has 0 saturated carbocycles. The predicted octanol–water partition coefficient (Wildman–Crippen LogP) is 3.68. The number of ether oxygens (including phenoxy) is 3. The monoisotopic (exact) mass is 611 g/mol. The van der Waals surface area contributed by atoms with E-state index >= 15 is 0 Å². The smallest absolute Gasteiger partial charge is 0.338 e. The maximum Gasteiger partial charge on any atom is 0.338 e. The highest BCUT2D eigenvalue weighted by Gasteiger charge is 2.37. The van der Waals surface area contributed by atoms with Crippen LogP contribution in [0.3, 0.4) is 0 Å². The number of hydrogen-bond donors (Lipinski definition) is 1. The summed E-state index contributed by atoms with van der Waals surface area (Å²) in [7, 11) is 3.06. The van der Waals surface area contributed by atoms with Gasteiger partial charge in [0.25, 0.3) is 11.5 Å². The second-order valence-electron chi connectivity index (χ2n) is 8.86. The van der Waals surface area contributed by atoms with Crippen molar-refractivity contribution in [1.82, 2.24) is 4.57 Å². The van der Waals surface area contributed by atoms with E-state index in [9.17, 15) is 14.4 Å². The molecule has 3 heterocycles. The molecule has 5 rings (SSSR count). The first-order valence-electron chi connectivity index (χ1n) is 12.4. The van der Waals surface area contributed by atoms with Gasteiger partial charge in [0.1, 0.15) is 22.1 Å². The van der Waals surface area contributed by atoms with Crippen molar-refractivity contribution < 1.29 is 23.8 Å².